The predicted molar refractivity (Wildman–Crippen MR) is 57.8 cm³/mol. The number of halogens is 1. The van der Waals surface area contributed by atoms with Crippen LogP contribution >= 0.6 is 0 Å². The van der Waals surface area contributed by atoms with Crippen LogP contribution in [-0.2, 0) is 10.0 Å². The summed E-state index contributed by atoms with van der Waals surface area (Å²) in [6, 6.07) is 4.73. The molecule has 88 valence electrons. The molecule has 2 rings (SSSR count). The van der Waals surface area contributed by atoms with Crippen LogP contribution in [0.25, 0.3) is 0 Å². The van der Waals surface area contributed by atoms with E-state index in [1.165, 1.54) is 16.4 Å². The molecule has 2 N–H and O–H groups in total. The summed E-state index contributed by atoms with van der Waals surface area (Å²) in [6.07, 6.45) is 0.667. The van der Waals surface area contributed by atoms with Gasteiger partial charge in [0.05, 0.1) is 4.90 Å². The van der Waals surface area contributed by atoms with Crippen LogP contribution < -0.4 is 5.73 Å². The predicted octanol–water partition coefficient (Wildman–Crippen LogP) is 0.547. The SMILES string of the molecule is NC1CCN(S(=O)(=O)c2ccc(F)cc2)C1. The topological polar surface area (TPSA) is 63.4 Å². The summed E-state index contributed by atoms with van der Waals surface area (Å²) in [5.74, 6) is -0.447. The first-order valence-corrected chi connectivity index (χ1v) is 6.45. The minimum atomic E-state index is -3.50. The molecule has 1 fully saturated rings. The van der Waals surface area contributed by atoms with Crippen LogP contribution in [0, 0.1) is 5.82 Å². The van der Waals surface area contributed by atoms with E-state index in [1.54, 1.807) is 0 Å². The molecule has 1 heterocycles. The van der Waals surface area contributed by atoms with Gasteiger partial charge < -0.3 is 5.73 Å². The monoisotopic (exact) mass is 244 g/mol. The van der Waals surface area contributed by atoms with Crippen molar-refractivity contribution < 1.29 is 12.8 Å². The van der Waals surface area contributed by atoms with E-state index in [-0.39, 0.29) is 10.9 Å². The molecule has 1 unspecified atom stereocenters. The molecular formula is C10H13FN2O2S. The molecule has 16 heavy (non-hydrogen) atoms. The maximum absolute atomic E-state index is 12.7. The molecule has 1 aromatic carbocycles. The normalized spacial score (nSPS) is 22.5. The van der Waals surface area contributed by atoms with Gasteiger partial charge in [0, 0.05) is 19.1 Å². The van der Waals surface area contributed by atoms with E-state index in [9.17, 15) is 12.8 Å². The van der Waals surface area contributed by atoms with Crippen LogP contribution in [0.5, 0.6) is 0 Å². The standard InChI is InChI=1S/C10H13FN2O2S/c11-8-1-3-10(4-2-8)16(14,15)13-6-5-9(12)7-13/h1-4,9H,5-7,12H2. The van der Waals surface area contributed by atoms with E-state index < -0.39 is 15.8 Å². The molecule has 1 aromatic rings. The van der Waals surface area contributed by atoms with Gasteiger partial charge >= 0.3 is 0 Å². The minimum absolute atomic E-state index is 0.102. The number of benzene rings is 1. The van der Waals surface area contributed by atoms with Crippen LogP contribution in [0.4, 0.5) is 4.39 Å². The van der Waals surface area contributed by atoms with Gasteiger partial charge in [-0.3, -0.25) is 0 Å². The molecule has 4 nitrogen and oxygen atoms in total. The summed E-state index contributed by atoms with van der Waals surface area (Å²) in [4.78, 5) is 0.114. The number of nitrogens with two attached hydrogens (primary N) is 1. The molecule has 1 aliphatic heterocycles. The maximum atomic E-state index is 12.7. The van der Waals surface area contributed by atoms with Crippen molar-refractivity contribution >= 4 is 10.0 Å². The van der Waals surface area contributed by atoms with Gasteiger partial charge in [-0.2, -0.15) is 4.31 Å². The lowest BCUT2D eigenvalue weighted by atomic mass is 10.3. The highest BCUT2D eigenvalue weighted by atomic mass is 32.2. The van der Waals surface area contributed by atoms with Crippen molar-refractivity contribution in [3.05, 3.63) is 30.1 Å². The Morgan fingerprint density at radius 3 is 2.44 bits per heavy atom. The zero-order valence-electron chi connectivity index (χ0n) is 8.64. The van der Waals surface area contributed by atoms with Crippen molar-refractivity contribution in [2.75, 3.05) is 13.1 Å². The Balaban J connectivity index is 2.29. The van der Waals surface area contributed by atoms with Crippen LogP contribution in [0.2, 0.25) is 0 Å². The van der Waals surface area contributed by atoms with Gasteiger partial charge in [0.1, 0.15) is 5.82 Å². The van der Waals surface area contributed by atoms with Crippen LogP contribution in [0.3, 0.4) is 0 Å². The first-order valence-electron chi connectivity index (χ1n) is 5.01. The molecule has 0 aliphatic carbocycles. The Labute approximate surface area is 93.9 Å². The molecule has 0 spiro atoms. The van der Waals surface area contributed by atoms with Gasteiger partial charge in [-0.15, -0.1) is 0 Å². The van der Waals surface area contributed by atoms with Crippen molar-refractivity contribution in [2.24, 2.45) is 5.73 Å². The maximum Gasteiger partial charge on any atom is 0.243 e. The van der Waals surface area contributed by atoms with Gasteiger partial charge in [-0.05, 0) is 30.7 Å². The minimum Gasteiger partial charge on any atom is -0.326 e. The smallest absolute Gasteiger partial charge is 0.243 e. The van der Waals surface area contributed by atoms with Crippen molar-refractivity contribution in [3.63, 3.8) is 0 Å². The summed E-state index contributed by atoms with van der Waals surface area (Å²) in [6.45, 7) is 0.764. The molecule has 0 aromatic heterocycles. The molecule has 1 atom stereocenters. The Morgan fingerprint density at radius 1 is 1.31 bits per heavy atom. The number of sulfonamides is 1. The number of hydrogen-bond donors (Lipinski definition) is 1. The second-order valence-corrected chi connectivity index (χ2v) is 5.80. The highest BCUT2D eigenvalue weighted by Gasteiger charge is 2.30. The third kappa shape index (κ3) is 2.09. The molecule has 0 amide bonds. The van der Waals surface area contributed by atoms with E-state index in [1.807, 2.05) is 0 Å². The lowest BCUT2D eigenvalue weighted by Gasteiger charge is -2.15. The molecule has 0 bridgehead atoms. The summed E-state index contributed by atoms with van der Waals surface area (Å²) in [5, 5.41) is 0. The average Bonchev–Trinajstić information content (AvgIpc) is 2.66. The molecule has 6 heteroatoms. The zero-order valence-corrected chi connectivity index (χ0v) is 9.45. The van der Waals surface area contributed by atoms with E-state index in [4.69, 9.17) is 5.73 Å². The number of nitrogens with zero attached hydrogens (tertiary/aromatic N) is 1. The highest BCUT2D eigenvalue weighted by Crippen LogP contribution is 2.20. The first-order chi connectivity index (χ1) is 7.50. The Morgan fingerprint density at radius 2 is 1.94 bits per heavy atom. The fourth-order valence-electron chi connectivity index (χ4n) is 1.73. The van der Waals surface area contributed by atoms with Gasteiger partial charge in [0.2, 0.25) is 10.0 Å². The number of hydrogen-bond acceptors (Lipinski definition) is 3. The molecule has 0 radical (unpaired) electrons. The highest BCUT2D eigenvalue weighted by molar-refractivity contribution is 7.89. The third-order valence-electron chi connectivity index (χ3n) is 2.64. The van der Waals surface area contributed by atoms with E-state index in [0.717, 1.165) is 12.1 Å². The third-order valence-corrected chi connectivity index (χ3v) is 4.52. The second kappa shape index (κ2) is 4.12. The summed E-state index contributed by atoms with van der Waals surface area (Å²) in [5.41, 5.74) is 5.66. The molecule has 0 saturated carbocycles. The summed E-state index contributed by atoms with van der Waals surface area (Å²) in [7, 11) is -3.50. The Hall–Kier alpha value is -0.980. The fourth-order valence-corrected chi connectivity index (χ4v) is 3.24. The zero-order chi connectivity index (χ0) is 11.8. The summed E-state index contributed by atoms with van der Waals surface area (Å²) < 4.78 is 38.1. The van der Waals surface area contributed by atoms with Crippen LogP contribution in [0.1, 0.15) is 6.42 Å². The molecule has 1 saturated heterocycles. The quantitative estimate of drug-likeness (QED) is 0.826. The van der Waals surface area contributed by atoms with Crippen LogP contribution in [-0.4, -0.2) is 31.9 Å². The number of rotatable bonds is 2. The fraction of sp³-hybridized carbons (Fsp3) is 0.400. The van der Waals surface area contributed by atoms with Crippen molar-refractivity contribution in [2.45, 2.75) is 17.4 Å². The Kier molecular flexibility index (Phi) is 2.96. The molecular weight excluding hydrogens is 231 g/mol. The van der Waals surface area contributed by atoms with Crippen molar-refractivity contribution in [1.82, 2.24) is 4.31 Å². The van der Waals surface area contributed by atoms with Crippen molar-refractivity contribution in [1.29, 1.82) is 0 Å². The van der Waals surface area contributed by atoms with E-state index in [0.29, 0.717) is 19.5 Å². The summed E-state index contributed by atoms with van der Waals surface area (Å²) >= 11 is 0. The largest absolute Gasteiger partial charge is 0.326 e. The van der Waals surface area contributed by atoms with E-state index >= 15 is 0 Å². The average molecular weight is 244 g/mol. The van der Waals surface area contributed by atoms with Crippen molar-refractivity contribution in [3.8, 4) is 0 Å². The lowest BCUT2D eigenvalue weighted by Crippen LogP contribution is -2.31. The van der Waals surface area contributed by atoms with Gasteiger partial charge in [-0.1, -0.05) is 0 Å². The lowest BCUT2D eigenvalue weighted by molar-refractivity contribution is 0.472. The van der Waals surface area contributed by atoms with Gasteiger partial charge in [0.15, 0.2) is 0 Å². The van der Waals surface area contributed by atoms with Gasteiger partial charge in [0.25, 0.3) is 0 Å². The second-order valence-electron chi connectivity index (χ2n) is 3.87. The van der Waals surface area contributed by atoms with Crippen LogP contribution in [0.15, 0.2) is 29.2 Å². The van der Waals surface area contributed by atoms with Gasteiger partial charge in [-0.25, -0.2) is 12.8 Å². The first kappa shape index (κ1) is 11.5. The molecule has 1 aliphatic rings. The Bertz CT molecular complexity index is 472. The van der Waals surface area contributed by atoms with E-state index in [2.05, 4.69) is 0 Å².